The van der Waals surface area contributed by atoms with E-state index in [4.69, 9.17) is 9.47 Å². The molecule has 0 aliphatic heterocycles. The Labute approximate surface area is 241 Å². The molecule has 1 aliphatic carbocycles. The molecular formula is C37H35NO3. The molecular weight excluding hydrogens is 506 g/mol. The van der Waals surface area contributed by atoms with Gasteiger partial charge in [-0.15, -0.1) is 0 Å². The van der Waals surface area contributed by atoms with E-state index in [2.05, 4.69) is 102 Å². The quantitative estimate of drug-likeness (QED) is 0.176. The summed E-state index contributed by atoms with van der Waals surface area (Å²) in [6.45, 7) is 1.44. The minimum absolute atomic E-state index is 0.0581. The van der Waals surface area contributed by atoms with Crippen molar-refractivity contribution >= 4 is 27.1 Å². The molecule has 1 aliphatic rings. The van der Waals surface area contributed by atoms with Crippen LogP contribution in [0.4, 0.5) is 0 Å². The monoisotopic (exact) mass is 541 g/mol. The van der Waals surface area contributed by atoms with E-state index in [1.807, 2.05) is 19.2 Å². The van der Waals surface area contributed by atoms with Gasteiger partial charge in [-0.2, -0.15) is 0 Å². The SMILES string of the molecule is CNCCOc1ccc2cc(C3=CCCC=C3)ccc2c1-c1c(OCCO)ccc2cc(-c3ccccc3)ccc12. The van der Waals surface area contributed by atoms with Crippen molar-refractivity contribution in [3.63, 3.8) is 0 Å². The maximum atomic E-state index is 9.62. The summed E-state index contributed by atoms with van der Waals surface area (Å²) in [4.78, 5) is 0. The number of fused-ring (bicyclic) bond motifs is 2. The van der Waals surface area contributed by atoms with Gasteiger partial charge in [0.05, 0.1) is 6.61 Å². The Balaban J connectivity index is 1.58. The van der Waals surface area contributed by atoms with Gasteiger partial charge in [0.1, 0.15) is 24.7 Å². The van der Waals surface area contributed by atoms with E-state index >= 15 is 0 Å². The third-order valence-electron chi connectivity index (χ3n) is 7.61. The third kappa shape index (κ3) is 5.62. The average molecular weight is 542 g/mol. The molecule has 0 fully saturated rings. The maximum Gasteiger partial charge on any atom is 0.128 e. The Bertz CT molecular complexity index is 1740. The molecule has 0 bridgehead atoms. The van der Waals surface area contributed by atoms with Gasteiger partial charge in [-0.1, -0.05) is 85.0 Å². The summed E-state index contributed by atoms with van der Waals surface area (Å²) in [5, 5.41) is 17.2. The minimum Gasteiger partial charge on any atom is -0.492 e. The van der Waals surface area contributed by atoms with Crippen molar-refractivity contribution < 1.29 is 14.6 Å². The van der Waals surface area contributed by atoms with E-state index in [0.717, 1.165) is 69.1 Å². The van der Waals surface area contributed by atoms with Crippen molar-refractivity contribution in [3.05, 3.63) is 115 Å². The molecule has 0 radical (unpaired) electrons. The van der Waals surface area contributed by atoms with Gasteiger partial charge in [0.15, 0.2) is 0 Å². The summed E-state index contributed by atoms with van der Waals surface area (Å²) in [6.07, 6.45) is 8.94. The van der Waals surface area contributed by atoms with Gasteiger partial charge >= 0.3 is 0 Å². The molecule has 0 saturated carbocycles. The smallest absolute Gasteiger partial charge is 0.128 e. The zero-order chi connectivity index (χ0) is 28.0. The molecule has 5 aromatic carbocycles. The maximum absolute atomic E-state index is 9.62. The lowest BCUT2D eigenvalue weighted by Crippen LogP contribution is -2.16. The highest BCUT2D eigenvalue weighted by atomic mass is 16.5. The zero-order valence-corrected chi connectivity index (χ0v) is 23.4. The van der Waals surface area contributed by atoms with E-state index in [-0.39, 0.29) is 13.2 Å². The molecule has 0 heterocycles. The Morgan fingerprint density at radius 1 is 0.683 bits per heavy atom. The summed E-state index contributed by atoms with van der Waals surface area (Å²) in [6, 6.07) is 32.0. The molecule has 6 rings (SSSR count). The first-order valence-corrected chi connectivity index (χ1v) is 14.3. The number of benzene rings is 5. The fraction of sp³-hybridized carbons (Fsp3) is 0.189. The number of aliphatic hydroxyl groups excluding tert-OH is 1. The molecule has 2 N–H and O–H groups in total. The summed E-state index contributed by atoms with van der Waals surface area (Å²) in [7, 11) is 1.93. The standard InChI is InChI=1S/C37H35NO3/c1-38-20-22-40-34-18-14-30-24-28(26-8-4-2-5-9-26)12-16-32(30)36(34)37-33-17-13-29(27-10-6-3-7-11-27)25-31(33)15-19-35(37)41-23-21-39/h3-4,6-19,24-25,38-39H,2,5,20-23H2,1H3. The van der Waals surface area contributed by atoms with E-state index in [1.54, 1.807) is 0 Å². The molecule has 206 valence electrons. The summed E-state index contributed by atoms with van der Waals surface area (Å²) in [5.41, 5.74) is 6.80. The van der Waals surface area contributed by atoms with E-state index in [9.17, 15) is 5.11 Å². The van der Waals surface area contributed by atoms with E-state index in [0.29, 0.717) is 6.61 Å². The first-order valence-electron chi connectivity index (χ1n) is 14.3. The van der Waals surface area contributed by atoms with Crippen LogP contribution in [0.15, 0.2) is 109 Å². The van der Waals surface area contributed by atoms with Crippen LogP contribution in [-0.2, 0) is 0 Å². The lowest BCUT2D eigenvalue weighted by atomic mass is 9.89. The summed E-state index contributed by atoms with van der Waals surface area (Å²) < 4.78 is 12.6. The fourth-order valence-electron chi connectivity index (χ4n) is 5.61. The number of hydrogen-bond donors (Lipinski definition) is 2. The van der Waals surface area contributed by atoms with E-state index < -0.39 is 0 Å². The normalized spacial score (nSPS) is 13.0. The predicted octanol–water partition coefficient (Wildman–Crippen LogP) is 8.03. The van der Waals surface area contributed by atoms with Crippen molar-refractivity contribution in [1.29, 1.82) is 0 Å². The molecule has 0 spiro atoms. The number of ether oxygens (including phenoxy) is 2. The number of aliphatic hydroxyl groups is 1. The summed E-state index contributed by atoms with van der Waals surface area (Å²) >= 11 is 0. The van der Waals surface area contributed by atoms with E-state index in [1.165, 1.54) is 16.7 Å². The van der Waals surface area contributed by atoms with Crippen LogP contribution in [-0.4, -0.2) is 38.5 Å². The first kappa shape index (κ1) is 26.8. The van der Waals surface area contributed by atoms with Gasteiger partial charge in [0.2, 0.25) is 0 Å². The predicted molar refractivity (Wildman–Crippen MR) is 171 cm³/mol. The molecule has 0 amide bonds. The van der Waals surface area contributed by atoms with Crippen LogP contribution in [0.25, 0.3) is 49.4 Å². The highest BCUT2D eigenvalue weighted by molar-refractivity contribution is 6.10. The van der Waals surface area contributed by atoms with Gasteiger partial charge in [-0.25, -0.2) is 0 Å². The van der Waals surface area contributed by atoms with Crippen LogP contribution >= 0.6 is 0 Å². The van der Waals surface area contributed by atoms with Crippen molar-refractivity contribution in [2.45, 2.75) is 12.8 Å². The van der Waals surface area contributed by atoms with Crippen LogP contribution in [0.3, 0.4) is 0 Å². The minimum atomic E-state index is -0.0581. The fourth-order valence-corrected chi connectivity index (χ4v) is 5.61. The van der Waals surface area contributed by atoms with Gasteiger partial charge in [-0.05, 0) is 88.0 Å². The van der Waals surface area contributed by atoms with Gasteiger partial charge in [-0.3, -0.25) is 0 Å². The van der Waals surface area contributed by atoms with Crippen LogP contribution < -0.4 is 14.8 Å². The highest BCUT2D eigenvalue weighted by Crippen LogP contribution is 2.46. The summed E-state index contributed by atoms with van der Waals surface area (Å²) in [5.74, 6) is 1.54. The van der Waals surface area contributed by atoms with Gasteiger partial charge in [0, 0.05) is 17.7 Å². The molecule has 0 atom stereocenters. The molecule has 0 aromatic heterocycles. The number of likely N-dealkylation sites (N-methyl/N-ethyl adjacent to an activating group) is 1. The largest absolute Gasteiger partial charge is 0.492 e. The molecule has 5 aromatic rings. The first-order chi connectivity index (χ1) is 20.3. The van der Waals surface area contributed by atoms with Gasteiger partial charge < -0.3 is 19.9 Å². The Hall–Kier alpha value is -4.38. The molecule has 4 nitrogen and oxygen atoms in total. The molecule has 0 unspecified atom stereocenters. The van der Waals surface area contributed by atoms with Crippen molar-refractivity contribution in [2.24, 2.45) is 0 Å². The third-order valence-corrected chi connectivity index (χ3v) is 7.61. The Morgan fingerprint density at radius 3 is 1.98 bits per heavy atom. The second-order valence-electron chi connectivity index (χ2n) is 10.3. The lowest BCUT2D eigenvalue weighted by Gasteiger charge is -2.20. The van der Waals surface area contributed by atoms with Crippen molar-refractivity contribution in [3.8, 4) is 33.8 Å². The Morgan fingerprint density at radius 2 is 1.34 bits per heavy atom. The second-order valence-corrected chi connectivity index (χ2v) is 10.3. The molecule has 41 heavy (non-hydrogen) atoms. The average Bonchev–Trinajstić information content (AvgIpc) is 3.04. The van der Waals surface area contributed by atoms with Gasteiger partial charge in [0.25, 0.3) is 0 Å². The van der Waals surface area contributed by atoms with Crippen molar-refractivity contribution in [2.75, 3.05) is 33.4 Å². The number of nitrogens with one attached hydrogen (secondary N) is 1. The topological polar surface area (TPSA) is 50.7 Å². The Kier molecular flexibility index (Phi) is 8.13. The number of allylic oxidation sites excluding steroid dienone is 4. The molecule has 4 heteroatoms. The zero-order valence-electron chi connectivity index (χ0n) is 23.4. The number of hydrogen-bond acceptors (Lipinski definition) is 4. The van der Waals surface area contributed by atoms with Crippen LogP contribution in [0.5, 0.6) is 11.5 Å². The van der Waals surface area contributed by atoms with Crippen LogP contribution in [0, 0.1) is 0 Å². The molecule has 0 saturated heterocycles. The lowest BCUT2D eigenvalue weighted by molar-refractivity contribution is 0.202. The van der Waals surface area contributed by atoms with Crippen LogP contribution in [0.2, 0.25) is 0 Å². The second kappa shape index (κ2) is 12.4. The number of rotatable bonds is 10. The van der Waals surface area contributed by atoms with Crippen LogP contribution in [0.1, 0.15) is 18.4 Å². The highest BCUT2D eigenvalue weighted by Gasteiger charge is 2.20. The van der Waals surface area contributed by atoms with Crippen molar-refractivity contribution in [1.82, 2.24) is 5.32 Å².